The minimum atomic E-state index is -1.71. The number of benzene rings is 1. The number of hydrogen-bond acceptors (Lipinski definition) is 6. The van der Waals surface area contributed by atoms with E-state index in [2.05, 4.69) is 46.5 Å². The fraction of sp³-hybridized carbons (Fsp3) is 0.357. The van der Waals surface area contributed by atoms with Gasteiger partial charge in [-0.25, -0.2) is 4.98 Å². The normalized spacial score (nSPS) is 12.0. The number of aromatic nitrogens is 4. The van der Waals surface area contributed by atoms with E-state index in [1.165, 1.54) is 0 Å². The van der Waals surface area contributed by atoms with Gasteiger partial charge in [0.2, 0.25) is 0 Å². The van der Waals surface area contributed by atoms with Gasteiger partial charge in [0, 0.05) is 30.7 Å². The number of nitrogens with zero attached hydrogens (tertiary/aromatic N) is 5. The van der Waals surface area contributed by atoms with Crippen LogP contribution in [0.25, 0.3) is 21.8 Å². The molecule has 0 aliphatic heterocycles. The summed E-state index contributed by atoms with van der Waals surface area (Å²) in [7, 11) is 0.115. The SMILES string of the molecule is CCN(Cc1ccc(C#CC(C)(C)O[Si](C)(C)C)cn1)C(=O)c1cc2c(cc1Cl)nc(N)c1cnn(C)c12. The number of halogens is 1. The first-order valence-electron chi connectivity index (χ1n) is 12.5. The first-order valence-corrected chi connectivity index (χ1v) is 16.2. The van der Waals surface area contributed by atoms with Gasteiger partial charge in [-0.3, -0.25) is 14.5 Å². The Morgan fingerprint density at radius 2 is 1.95 bits per heavy atom. The van der Waals surface area contributed by atoms with Crippen molar-refractivity contribution in [3.05, 3.63) is 58.5 Å². The number of carbonyl (C=O) groups excluding carboxylic acids is 1. The molecule has 0 aliphatic carbocycles. The Balaban J connectivity index is 1.57. The lowest BCUT2D eigenvalue weighted by molar-refractivity contribution is 0.0751. The third-order valence-electron chi connectivity index (χ3n) is 5.94. The van der Waals surface area contributed by atoms with Crippen LogP contribution in [0, 0.1) is 11.8 Å². The zero-order chi connectivity index (χ0) is 27.8. The second-order valence-electron chi connectivity index (χ2n) is 10.7. The maximum absolute atomic E-state index is 13.6. The predicted octanol–water partition coefficient (Wildman–Crippen LogP) is 5.40. The van der Waals surface area contributed by atoms with Gasteiger partial charge in [-0.2, -0.15) is 5.10 Å². The molecule has 0 aliphatic rings. The van der Waals surface area contributed by atoms with E-state index >= 15 is 0 Å². The number of nitrogens with two attached hydrogens (primary N) is 1. The van der Waals surface area contributed by atoms with Crippen LogP contribution in [0.5, 0.6) is 0 Å². The lowest BCUT2D eigenvalue weighted by atomic mass is 10.1. The third kappa shape index (κ3) is 5.99. The molecule has 0 unspecified atom stereocenters. The Bertz CT molecular complexity index is 1580. The first kappa shape index (κ1) is 27.6. The first-order chi connectivity index (χ1) is 17.8. The van der Waals surface area contributed by atoms with E-state index in [9.17, 15) is 4.79 Å². The van der Waals surface area contributed by atoms with E-state index in [1.807, 2.05) is 40.0 Å². The van der Waals surface area contributed by atoms with Crippen LogP contribution in [0.15, 0.2) is 36.7 Å². The number of fused-ring (bicyclic) bond motifs is 3. The minimum absolute atomic E-state index is 0.192. The number of rotatable bonds is 6. The number of aryl methyl sites for hydroxylation is 1. The molecule has 3 aromatic heterocycles. The van der Waals surface area contributed by atoms with Crippen LogP contribution >= 0.6 is 11.6 Å². The van der Waals surface area contributed by atoms with Crippen LogP contribution in [0.1, 0.15) is 42.4 Å². The van der Waals surface area contributed by atoms with Gasteiger partial charge in [-0.1, -0.05) is 23.4 Å². The van der Waals surface area contributed by atoms with Crippen LogP contribution in [-0.2, 0) is 18.0 Å². The molecule has 198 valence electrons. The fourth-order valence-corrected chi connectivity index (χ4v) is 6.26. The van der Waals surface area contributed by atoms with Gasteiger partial charge in [0.15, 0.2) is 8.32 Å². The Hall–Kier alpha value is -3.45. The Labute approximate surface area is 229 Å². The van der Waals surface area contributed by atoms with Crippen molar-refractivity contribution >= 4 is 53.4 Å². The van der Waals surface area contributed by atoms with Gasteiger partial charge in [-0.15, -0.1) is 0 Å². The van der Waals surface area contributed by atoms with Crippen LogP contribution in [0.3, 0.4) is 0 Å². The molecule has 10 heteroatoms. The molecule has 4 aromatic rings. The van der Waals surface area contributed by atoms with Crippen LogP contribution in [-0.4, -0.2) is 51.0 Å². The Morgan fingerprint density at radius 1 is 1.21 bits per heavy atom. The summed E-state index contributed by atoms with van der Waals surface area (Å²) >= 11 is 6.56. The van der Waals surface area contributed by atoms with Crippen molar-refractivity contribution < 1.29 is 9.22 Å². The maximum atomic E-state index is 13.6. The van der Waals surface area contributed by atoms with Gasteiger partial charge in [0.25, 0.3) is 5.91 Å². The summed E-state index contributed by atoms with van der Waals surface area (Å²) in [5, 5.41) is 6.12. The molecule has 3 heterocycles. The highest BCUT2D eigenvalue weighted by atomic mass is 35.5. The number of pyridine rings is 2. The van der Waals surface area contributed by atoms with Crippen molar-refractivity contribution in [1.82, 2.24) is 24.6 Å². The molecule has 0 fully saturated rings. The summed E-state index contributed by atoms with van der Waals surface area (Å²) in [5.74, 6) is 6.55. The van der Waals surface area contributed by atoms with E-state index in [0.717, 1.165) is 27.5 Å². The summed E-state index contributed by atoms with van der Waals surface area (Å²) < 4.78 is 7.87. The smallest absolute Gasteiger partial charge is 0.255 e. The van der Waals surface area contributed by atoms with Crippen LogP contribution < -0.4 is 5.73 Å². The van der Waals surface area contributed by atoms with Crippen molar-refractivity contribution in [3.8, 4) is 11.8 Å². The molecule has 0 saturated heterocycles. The standard InChI is InChI=1S/C28H33ClN6O2Si/c1-8-35(17-19-10-9-18(15-31-19)11-12-28(2,3)37-38(5,6)7)27(36)20-13-21-24(14-23(20)29)33-26(30)22-16-32-34(4)25(21)22/h9-10,13-16H,8,17H2,1-7H3,(H2,30,33). The second kappa shape index (κ2) is 10.4. The lowest BCUT2D eigenvalue weighted by Gasteiger charge is -2.28. The fourth-order valence-electron chi connectivity index (χ4n) is 4.44. The number of amides is 1. The van der Waals surface area contributed by atoms with Gasteiger partial charge >= 0.3 is 0 Å². The summed E-state index contributed by atoms with van der Waals surface area (Å²) in [6.07, 6.45) is 3.40. The lowest BCUT2D eigenvalue weighted by Crippen LogP contribution is -2.37. The molecule has 2 N–H and O–H groups in total. The summed E-state index contributed by atoms with van der Waals surface area (Å²) in [6, 6.07) is 7.26. The predicted molar refractivity (Wildman–Crippen MR) is 155 cm³/mol. The Morgan fingerprint density at radius 3 is 2.58 bits per heavy atom. The van der Waals surface area contributed by atoms with E-state index in [-0.39, 0.29) is 5.91 Å². The summed E-state index contributed by atoms with van der Waals surface area (Å²) in [5.41, 5.74) is 8.93. The summed E-state index contributed by atoms with van der Waals surface area (Å²) in [6.45, 7) is 13.1. The molecule has 38 heavy (non-hydrogen) atoms. The van der Waals surface area contributed by atoms with Crippen molar-refractivity contribution in [3.63, 3.8) is 0 Å². The Kier molecular flexibility index (Phi) is 7.52. The van der Waals surface area contributed by atoms with Crippen molar-refractivity contribution in [1.29, 1.82) is 0 Å². The maximum Gasteiger partial charge on any atom is 0.255 e. The molecule has 0 atom stereocenters. The zero-order valence-electron chi connectivity index (χ0n) is 22.9. The van der Waals surface area contributed by atoms with Gasteiger partial charge < -0.3 is 15.1 Å². The minimum Gasteiger partial charge on any atom is -0.402 e. The molecule has 0 bridgehead atoms. The molecular formula is C28H33ClN6O2Si. The van der Waals surface area contributed by atoms with E-state index in [1.54, 1.807) is 34.1 Å². The van der Waals surface area contributed by atoms with E-state index in [0.29, 0.717) is 35.0 Å². The third-order valence-corrected chi connectivity index (χ3v) is 7.38. The van der Waals surface area contributed by atoms with Gasteiger partial charge in [0.05, 0.1) is 45.4 Å². The average Bonchev–Trinajstić information content (AvgIpc) is 3.22. The molecule has 1 aromatic carbocycles. The molecule has 1 amide bonds. The number of nitrogen functional groups attached to an aromatic ring is 1. The van der Waals surface area contributed by atoms with Crippen molar-refractivity contribution in [2.75, 3.05) is 12.3 Å². The quantitative estimate of drug-likeness (QED) is 0.256. The highest BCUT2D eigenvalue weighted by Crippen LogP contribution is 2.32. The largest absolute Gasteiger partial charge is 0.402 e. The van der Waals surface area contributed by atoms with Gasteiger partial charge in [0.1, 0.15) is 11.4 Å². The molecule has 0 spiro atoms. The molecule has 8 nitrogen and oxygen atoms in total. The number of carbonyl (C=O) groups is 1. The second-order valence-corrected chi connectivity index (χ2v) is 15.5. The van der Waals surface area contributed by atoms with Crippen LogP contribution in [0.2, 0.25) is 24.7 Å². The summed E-state index contributed by atoms with van der Waals surface area (Å²) in [4.78, 5) is 24.3. The topological polar surface area (TPSA) is 99.2 Å². The number of anilines is 1. The molecule has 0 radical (unpaired) electrons. The molecular weight excluding hydrogens is 516 g/mol. The van der Waals surface area contributed by atoms with Gasteiger partial charge in [-0.05, 0) is 64.7 Å². The van der Waals surface area contributed by atoms with Crippen LogP contribution in [0.4, 0.5) is 5.82 Å². The highest BCUT2D eigenvalue weighted by Gasteiger charge is 2.25. The molecule has 0 saturated carbocycles. The zero-order valence-corrected chi connectivity index (χ0v) is 24.6. The van der Waals surface area contributed by atoms with Crippen molar-refractivity contribution in [2.24, 2.45) is 7.05 Å². The average molecular weight is 549 g/mol. The monoisotopic (exact) mass is 548 g/mol. The highest BCUT2D eigenvalue weighted by molar-refractivity contribution is 6.69. The molecule has 4 rings (SSSR count). The van der Waals surface area contributed by atoms with E-state index in [4.69, 9.17) is 21.8 Å². The van der Waals surface area contributed by atoms with Crippen molar-refractivity contribution in [2.45, 2.75) is 52.6 Å². The number of hydrogen-bond donors (Lipinski definition) is 1. The van der Waals surface area contributed by atoms with E-state index < -0.39 is 13.9 Å².